The molecule has 0 aliphatic rings. The first kappa shape index (κ1) is 21.0. The van der Waals surface area contributed by atoms with Gasteiger partial charge < -0.3 is 5.32 Å². The van der Waals surface area contributed by atoms with Crippen LogP contribution in [0.5, 0.6) is 0 Å². The van der Waals surface area contributed by atoms with Gasteiger partial charge in [-0.05, 0) is 43.5 Å². The minimum absolute atomic E-state index is 0.0209. The second-order valence-electron chi connectivity index (χ2n) is 6.25. The molecule has 8 heteroatoms. The molecule has 6 nitrogen and oxygen atoms in total. The predicted molar refractivity (Wildman–Crippen MR) is 109 cm³/mol. The molecule has 27 heavy (non-hydrogen) atoms. The number of nitrogens with one attached hydrogen (secondary N) is 2. The average molecular weight is 407 g/mol. The summed E-state index contributed by atoms with van der Waals surface area (Å²) in [5, 5.41) is 2.76. The first-order valence-corrected chi connectivity index (χ1v) is 11.0. The number of carbonyl (C=O) groups is 2. The molecule has 0 aliphatic carbocycles. The fourth-order valence-corrected chi connectivity index (χ4v) is 3.85. The van der Waals surface area contributed by atoms with E-state index in [9.17, 15) is 18.0 Å². The van der Waals surface area contributed by atoms with Crippen LogP contribution in [-0.2, 0) is 14.8 Å². The summed E-state index contributed by atoms with van der Waals surface area (Å²) in [6.45, 7) is 4.94. The highest BCUT2D eigenvalue weighted by atomic mass is 32.2. The molecule has 0 aromatic heterocycles. The van der Waals surface area contributed by atoms with Crippen LogP contribution in [-0.4, -0.2) is 26.4 Å². The molecule has 2 aromatic rings. The highest BCUT2D eigenvalue weighted by molar-refractivity contribution is 7.98. The fourth-order valence-electron chi connectivity index (χ4n) is 2.24. The Bertz CT molecular complexity index is 969. The summed E-state index contributed by atoms with van der Waals surface area (Å²) in [4.78, 5) is 24.3. The van der Waals surface area contributed by atoms with Crippen LogP contribution < -0.4 is 10.0 Å². The number of rotatable bonds is 7. The van der Waals surface area contributed by atoms with Crippen LogP contribution in [0, 0.1) is 5.92 Å². The summed E-state index contributed by atoms with van der Waals surface area (Å²) in [5.41, 5.74) is 1.16. The van der Waals surface area contributed by atoms with Crippen molar-refractivity contribution in [3.8, 4) is 0 Å². The number of hydrogen-bond acceptors (Lipinski definition) is 5. The molecule has 0 radical (unpaired) electrons. The van der Waals surface area contributed by atoms with Gasteiger partial charge in [0.15, 0.2) is 5.78 Å². The standard InChI is InChI=1S/C19H22N2O4S2/c1-12(2)19(23)20-17-11-16(8-9-18(17)26-4)27(24,25)21-15-7-5-6-14(10-15)13(3)22/h5-12,21H,1-4H3,(H,20,23). The highest BCUT2D eigenvalue weighted by Crippen LogP contribution is 2.29. The quantitative estimate of drug-likeness (QED) is 0.535. The third kappa shape index (κ3) is 5.33. The van der Waals surface area contributed by atoms with E-state index in [1.807, 2.05) is 6.26 Å². The minimum Gasteiger partial charge on any atom is -0.325 e. The van der Waals surface area contributed by atoms with Gasteiger partial charge in [-0.25, -0.2) is 8.42 Å². The van der Waals surface area contributed by atoms with Crippen molar-refractivity contribution in [1.82, 2.24) is 0 Å². The number of thioether (sulfide) groups is 1. The topological polar surface area (TPSA) is 92.3 Å². The number of hydrogen-bond donors (Lipinski definition) is 2. The summed E-state index contributed by atoms with van der Waals surface area (Å²) >= 11 is 1.41. The van der Waals surface area contributed by atoms with Crippen LogP contribution in [0.3, 0.4) is 0 Å². The van der Waals surface area contributed by atoms with Crippen molar-refractivity contribution < 1.29 is 18.0 Å². The molecular formula is C19H22N2O4S2. The van der Waals surface area contributed by atoms with Gasteiger partial charge in [-0.2, -0.15) is 0 Å². The third-order valence-electron chi connectivity index (χ3n) is 3.78. The van der Waals surface area contributed by atoms with Crippen LogP contribution in [0.15, 0.2) is 52.3 Å². The summed E-state index contributed by atoms with van der Waals surface area (Å²) in [6.07, 6.45) is 1.85. The monoisotopic (exact) mass is 406 g/mol. The molecule has 0 atom stereocenters. The maximum atomic E-state index is 12.7. The SMILES string of the molecule is CSc1ccc(S(=O)(=O)Nc2cccc(C(C)=O)c2)cc1NC(=O)C(C)C. The number of anilines is 2. The largest absolute Gasteiger partial charge is 0.325 e. The Morgan fingerprint density at radius 3 is 2.37 bits per heavy atom. The average Bonchev–Trinajstić information content (AvgIpc) is 2.61. The van der Waals surface area contributed by atoms with Crippen LogP contribution in [0.4, 0.5) is 11.4 Å². The summed E-state index contributed by atoms with van der Waals surface area (Å²) < 4.78 is 27.9. The molecule has 0 heterocycles. The Kier molecular flexibility index (Phi) is 6.67. The fraction of sp³-hybridized carbons (Fsp3) is 0.263. The predicted octanol–water partition coefficient (Wildman–Crippen LogP) is 4.01. The number of Topliss-reactive ketones (excluding diaryl/α,β-unsaturated/α-hetero) is 1. The van der Waals surface area contributed by atoms with Gasteiger partial charge in [-0.1, -0.05) is 26.0 Å². The zero-order valence-electron chi connectivity index (χ0n) is 15.6. The van der Waals surface area contributed by atoms with E-state index in [1.54, 1.807) is 38.1 Å². The molecule has 0 saturated carbocycles. The van der Waals surface area contributed by atoms with Crippen molar-refractivity contribution in [2.45, 2.75) is 30.6 Å². The molecule has 0 fully saturated rings. The van der Waals surface area contributed by atoms with E-state index in [1.165, 1.54) is 36.9 Å². The Labute approximate surface area is 163 Å². The van der Waals surface area contributed by atoms with Crippen molar-refractivity contribution in [2.75, 3.05) is 16.3 Å². The van der Waals surface area contributed by atoms with Gasteiger partial charge in [-0.15, -0.1) is 11.8 Å². The number of amides is 1. The number of benzene rings is 2. The first-order valence-electron chi connectivity index (χ1n) is 8.26. The maximum Gasteiger partial charge on any atom is 0.261 e. The van der Waals surface area contributed by atoms with Crippen molar-refractivity contribution in [2.24, 2.45) is 5.92 Å². The lowest BCUT2D eigenvalue weighted by Gasteiger charge is -2.14. The molecule has 144 valence electrons. The van der Waals surface area contributed by atoms with E-state index in [0.29, 0.717) is 16.9 Å². The first-order chi connectivity index (χ1) is 12.6. The summed E-state index contributed by atoms with van der Waals surface area (Å²) in [7, 11) is -3.88. The van der Waals surface area contributed by atoms with Gasteiger partial charge in [0.25, 0.3) is 10.0 Å². The third-order valence-corrected chi connectivity index (χ3v) is 5.96. The van der Waals surface area contributed by atoms with Crippen LogP contribution in [0.1, 0.15) is 31.1 Å². The van der Waals surface area contributed by atoms with E-state index in [0.717, 1.165) is 4.90 Å². The second kappa shape index (κ2) is 8.58. The molecule has 0 saturated heterocycles. The zero-order valence-corrected chi connectivity index (χ0v) is 17.2. The Morgan fingerprint density at radius 1 is 1.07 bits per heavy atom. The molecule has 0 spiro atoms. The normalized spacial score (nSPS) is 11.3. The number of sulfonamides is 1. The number of ketones is 1. The Hall–Kier alpha value is -2.32. The van der Waals surface area contributed by atoms with Crippen LogP contribution in [0.2, 0.25) is 0 Å². The van der Waals surface area contributed by atoms with E-state index in [4.69, 9.17) is 0 Å². The molecule has 2 rings (SSSR count). The maximum absolute atomic E-state index is 12.7. The van der Waals surface area contributed by atoms with Crippen molar-refractivity contribution in [3.63, 3.8) is 0 Å². The molecule has 0 bridgehead atoms. The number of carbonyl (C=O) groups excluding carboxylic acids is 2. The van der Waals surface area contributed by atoms with E-state index in [-0.39, 0.29) is 22.5 Å². The van der Waals surface area contributed by atoms with E-state index >= 15 is 0 Å². The Morgan fingerprint density at radius 2 is 1.78 bits per heavy atom. The van der Waals surface area contributed by atoms with Gasteiger partial charge in [-0.3, -0.25) is 14.3 Å². The van der Waals surface area contributed by atoms with Gasteiger partial charge >= 0.3 is 0 Å². The van der Waals surface area contributed by atoms with Crippen molar-refractivity contribution >= 4 is 44.9 Å². The van der Waals surface area contributed by atoms with Gasteiger partial charge in [0.1, 0.15) is 0 Å². The lowest BCUT2D eigenvalue weighted by atomic mass is 10.1. The van der Waals surface area contributed by atoms with Gasteiger partial charge in [0.2, 0.25) is 5.91 Å². The van der Waals surface area contributed by atoms with Crippen LogP contribution >= 0.6 is 11.8 Å². The second-order valence-corrected chi connectivity index (χ2v) is 8.78. The van der Waals surface area contributed by atoms with Gasteiger partial charge in [0.05, 0.1) is 10.6 Å². The van der Waals surface area contributed by atoms with E-state index < -0.39 is 10.0 Å². The molecular weight excluding hydrogens is 384 g/mol. The molecule has 2 N–H and O–H groups in total. The smallest absolute Gasteiger partial charge is 0.261 e. The van der Waals surface area contributed by atoms with Crippen molar-refractivity contribution in [1.29, 1.82) is 0 Å². The van der Waals surface area contributed by atoms with E-state index in [2.05, 4.69) is 10.0 Å². The molecule has 1 amide bonds. The van der Waals surface area contributed by atoms with Gasteiger partial charge in [0, 0.05) is 22.1 Å². The lowest BCUT2D eigenvalue weighted by Crippen LogP contribution is -2.19. The highest BCUT2D eigenvalue weighted by Gasteiger charge is 2.18. The zero-order chi connectivity index (χ0) is 20.2. The summed E-state index contributed by atoms with van der Waals surface area (Å²) in [6, 6.07) is 10.9. The molecule has 0 unspecified atom stereocenters. The van der Waals surface area contributed by atoms with Crippen LogP contribution in [0.25, 0.3) is 0 Å². The minimum atomic E-state index is -3.88. The van der Waals surface area contributed by atoms with Crippen molar-refractivity contribution in [3.05, 3.63) is 48.0 Å². The lowest BCUT2D eigenvalue weighted by molar-refractivity contribution is -0.118. The summed E-state index contributed by atoms with van der Waals surface area (Å²) in [5.74, 6) is -0.576. The molecule has 2 aromatic carbocycles. The molecule has 0 aliphatic heterocycles. The Balaban J connectivity index is 2.36.